The number of amides is 1. The molecule has 2 rings (SSSR count). The van der Waals surface area contributed by atoms with Gasteiger partial charge in [-0.3, -0.25) is 4.79 Å². The minimum Gasteiger partial charge on any atom is -0.339 e. The van der Waals surface area contributed by atoms with Gasteiger partial charge in [0.05, 0.1) is 6.04 Å². The van der Waals surface area contributed by atoms with E-state index in [1.807, 2.05) is 5.32 Å². The van der Waals surface area contributed by atoms with Crippen LogP contribution in [0.1, 0.15) is 31.0 Å². The fourth-order valence-corrected chi connectivity index (χ4v) is 1.84. The normalized spacial score (nSPS) is 16.7. The number of rotatable bonds is 2. The molecule has 5 nitrogen and oxygen atoms in total. The molecule has 0 aliphatic carbocycles. The molecule has 8 heteroatoms. The minimum absolute atomic E-state index is 0.370. The Kier molecular flexibility index (Phi) is 2.80. The number of carbonyl (C=O) groups is 1. The average molecular weight is 248 g/mol. The van der Waals surface area contributed by atoms with Crippen LogP contribution in [-0.4, -0.2) is 26.8 Å². The number of nitrogens with one attached hydrogen (secondary N) is 1. The molecule has 17 heavy (non-hydrogen) atoms. The molecule has 1 aliphatic heterocycles. The summed E-state index contributed by atoms with van der Waals surface area (Å²) in [5.74, 6) is -0.830. The van der Waals surface area contributed by atoms with Gasteiger partial charge in [-0.25, -0.2) is 0 Å². The standard InChI is InChI=1S/C9H11F3N4O/c1-5(13-8(17)9(10,11)12)7-15-14-6-3-2-4-16(6)7/h5H,2-4H2,1H3,(H,13,17). The highest BCUT2D eigenvalue weighted by atomic mass is 19.4. The summed E-state index contributed by atoms with van der Waals surface area (Å²) in [5, 5.41) is 9.54. The molecule has 1 aromatic heterocycles. The van der Waals surface area contributed by atoms with Crippen LogP contribution in [0.3, 0.4) is 0 Å². The van der Waals surface area contributed by atoms with Gasteiger partial charge in [0.15, 0.2) is 5.82 Å². The maximum absolute atomic E-state index is 12.1. The van der Waals surface area contributed by atoms with Crippen molar-refractivity contribution >= 4 is 5.91 Å². The molecule has 0 saturated carbocycles. The van der Waals surface area contributed by atoms with Crippen molar-refractivity contribution in [3.05, 3.63) is 11.6 Å². The lowest BCUT2D eigenvalue weighted by molar-refractivity contribution is -0.174. The third kappa shape index (κ3) is 2.25. The van der Waals surface area contributed by atoms with Crippen molar-refractivity contribution in [2.24, 2.45) is 0 Å². The summed E-state index contributed by atoms with van der Waals surface area (Å²) >= 11 is 0. The van der Waals surface area contributed by atoms with Crippen LogP contribution in [0.15, 0.2) is 0 Å². The van der Waals surface area contributed by atoms with Gasteiger partial charge in [-0.2, -0.15) is 13.2 Å². The summed E-state index contributed by atoms with van der Waals surface area (Å²) < 4.78 is 38.0. The lowest BCUT2D eigenvalue weighted by Crippen LogP contribution is -2.39. The monoisotopic (exact) mass is 248 g/mol. The van der Waals surface area contributed by atoms with E-state index in [0.29, 0.717) is 12.4 Å². The first kappa shape index (κ1) is 11.9. The molecule has 1 amide bonds. The molecule has 1 atom stereocenters. The van der Waals surface area contributed by atoms with Gasteiger partial charge in [0.25, 0.3) is 0 Å². The first-order chi connectivity index (χ1) is 7.89. The molecular formula is C9H11F3N4O. The van der Waals surface area contributed by atoms with E-state index in [9.17, 15) is 18.0 Å². The minimum atomic E-state index is -4.87. The highest BCUT2D eigenvalue weighted by molar-refractivity contribution is 5.81. The van der Waals surface area contributed by atoms with E-state index >= 15 is 0 Å². The van der Waals surface area contributed by atoms with Gasteiger partial charge >= 0.3 is 12.1 Å². The molecule has 1 aliphatic rings. The molecule has 1 aromatic rings. The van der Waals surface area contributed by atoms with Crippen molar-refractivity contribution in [1.82, 2.24) is 20.1 Å². The number of nitrogens with zero attached hydrogens (tertiary/aromatic N) is 3. The predicted octanol–water partition coefficient (Wildman–Crippen LogP) is 0.964. The SMILES string of the molecule is CC(NC(=O)C(F)(F)F)c1nnc2n1CCC2. The maximum atomic E-state index is 12.1. The van der Waals surface area contributed by atoms with E-state index in [1.54, 1.807) is 4.57 Å². The summed E-state index contributed by atoms with van der Waals surface area (Å²) in [7, 11) is 0. The highest BCUT2D eigenvalue weighted by Gasteiger charge is 2.40. The van der Waals surface area contributed by atoms with Crippen LogP contribution in [-0.2, 0) is 17.8 Å². The third-order valence-corrected chi connectivity index (χ3v) is 2.63. The average Bonchev–Trinajstić information content (AvgIpc) is 2.75. The van der Waals surface area contributed by atoms with Crippen LogP contribution in [0, 0.1) is 0 Å². The van der Waals surface area contributed by atoms with Gasteiger partial charge in [0.1, 0.15) is 5.82 Å². The van der Waals surface area contributed by atoms with Crippen molar-refractivity contribution in [1.29, 1.82) is 0 Å². The zero-order valence-corrected chi connectivity index (χ0v) is 9.08. The lowest BCUT2D eigenvalue weighted by atomic mass is 10.3. The number of aromatic nitrogens is 3. The molecule has 0 fully saturated rings. The fourth-order valence-electron chi connectivity index (χ4n) is 1.84. The Hall–Kier alpha value is -1.60. The number of halogens is 3. The molecule has 0 aromatic carbocycles. The van der Waals surface area contributed by atoms with Gasteiger partial charge in [-0.15, -0.1) is 10.2 Å². The van der Waals surface area contributed by atoms with Gasteiger partial charge < -0.3 is 9.88 Å². The number of fused-ring (bicyclic) bond motifs is 1. The Bertz CT molecular complexity index is 440. The second-order valence-corrected chi connectivity index (χ2v) is 3.92. The molecule has 0 radical (unpaired) electrons. The van der Waals surface area contributed by atoms with Crippen LogP contribution >= 0.6 is 0 Å². The number of hydrogen-bond acceptors (Lipinski definition) is 3. The Balaban J connectivity index is 2.10. The molecule has 1 unspecified atom stereocenters. The van der Waals surface area contributed by atoms with E-state index in [0.717, 1.165) is 18.7 Å². The van der Waals surface area contributed by atoms with Crippen LogP contribution in [0.2, 0.25) is 0 Å². The molecule has 0 spiro atoms. The van der Waals surface area contributed by atoms with Crippen molar-refractivity contribution in [2.75, 3.05) is 0 Å². The molecule has 0 bridgehead atoms. The van der Waals surface area contributed by atoms with Gasteiger partial charge in [0.2, 0.25) is 0 Å². The summed E-state index contributed by atoms with van der Waals surface area (Å²) in [6.45, 7) is 2.14. The number of carbonyl (C=O) groups excluding carboxylic acids is 1. The van der Waals surface area contributed by atoms with Crippen molar-refractivity contribution in [3.8, 4) is 0 Å². The largest absolute Gasteiger partial charge is 0.471 e. The number of aryl methyl sites for hydroxylation is 1. The van der Waals surface area contributed by atoms with Crippen molar-refractivity contribution < 1.29 is 18.0 Å². The van der Waals surface area contributed by atoms with Crippen LogP contribution in [0.4, 0.5) is 13.2 Å². The Labute approximate surface area is 95.0 Å². The summed E-state index contributed by atoms with van der Waals surface area (Å²) in [6.07, 6.45) is -3.20. The fraction of sp³-hybridized carbons (Fsp3) is 0.667. The third-order valence-electron chi connectivity index (χ3n) is 2.63. The van der Waals surface area contributed by atoms with Crippen molar-refractivity contribution in [2.45, 2.75) is 38.5 Å². The molecular weight excluding hydrogens is 237 g/mol. The van der Waals surface area contributed by atoms with E-state index in [2.05, 4.69) is 10.2 Å². The van der Waals surface area contributed by atoms with E-state index in [4.69, 9.17) is 0 Å². The zero-order valence-electron chi connectivity index (χ0n) is 9.08. The zero-order chi connectivity index (χ0) is 12.6. The van der Waals surface area contributed by atoms with Gasteiger partial charge in [-0.1, -0.05) is 0 Å². The first-order valence-electron chi connectivity index (χ1n) is 5.19. The van der Waals surface area contributed by atoms with Gasteiger partial charge in [-0.05, 0) is 13.3 Å². The van der Waals surface area contributed by atoms with Crippen LogP contribution in [0.25, 0.3) is 0 Å². The number of alkyl halides is 3. The summed E-state index contributed by atoms with van der Waals surface area (Å²) in [5.41, 5.74) is 0. The summed E-state index contributed by atoms with van der Waals surface area (Å²) in [4.78, 5) is 10.8. The van der Waals surface area contributed by atoms with Gasteiger partial charge in [0, 0.05) is 13.0 Å². The van der Waals surface area contributed by atoms with E-state index in [-0.39, 0.29) is 0 Å². The number of hydrogen-bond donors (Lipinski definition) is 1. The van der Waals surface area contributed by atoms with E-state index < -0.39 is 18.1 Å². The second kappa shape index (κ2) is 4.01. The predicted molar refractivity (Wildman–Crippen MR) is 51.0 cm³/mol. The lowest BCUT2D eigenvalue weighted by Gasteiger charge is -2.14. The molecule has 94 valence electrons. The molecule has 0 saturated heterocycles. The van der Waals surface area contributed by atoms with Crippen LogP contribution < -0.4 is 5.32 Å². The Morgan fingerprint density at radius 3 is 2.82 bits per heavy atom. The topological polar surface area (TPSA) is 59.8 Å². The van der Waals surface area contributed by atoms with Crippen LogP contribution in [0.5, 0.6) is 0 Å². The van der Waals surface area contributed by atoms with E-state index in [1.165, 1.54) is 6.92 Å². The maximum Gasteiger partial charge on any atom is 0.471 e. The molecule has 1 N–H and O–H groups in total. The highest BCUT2D eigenvalue weighted by Crippen LogP contribution is 2.21. The second-order valence-electron chi connectivity index (χ2n) is 3.92. The molecule has 2 heterocycles. The summed E-state index contributed by atoms with van der Waals surface area (Å²) in [6, 6.07) is -0.802. The van der Waals surface area contributed by atoms with Crippen molar-refractivity contribution in [3.63, 3.8) is 0 Å². The Morgan fingerprint density at radius 1 is 1.47 bits per heavy atom. The quantitative estimate of drug-likeness (QED) is 0.848. The smallest absolute Gasteiger partial charge is 0.339 e. The Morgan fingerprint density at radius 2 is 2.18 bits per heavy atom. The first-order valence-corrected chi connectivity index (χ1v) is 5.19.